The Morgan fingerprint density at radius 1 is 1.33 bits per heavy atom. The molecule has 0 aliphatic heterocycles. The molecule has 7 heteroatoms. The molecule has 21 heavy (non-hydrogen) atoms. The minimum Gasteiger partial charge on any atom is -0.497 e. The van der Waals surface area contributed by atoms with Crippen molar-refractivity contribution >= 4 is 11.9 Å². The maximum absolute atomic E-state index is 11.8. The quantitative estimate of drug-likeness (QED) is 0.341. The average molecular weight is 295 g/mol. The molecule has 0 aliphatic rings. The number of amidine groups is 1. The van der Waals surface area contributed by atoms with E-state index in [0.29, 0.717) is 11.3 Å². The van der Waals surface area contributed by atoms with E-state index in [-0.39, 0.29) is 5.84 Å². The van der Waals surface area contributed by atoms with Gasteiger partial charge in [-0.1, -0.05) is 17.3 Å². The summed E-state index contributed by atoms with van der Waals surface area (Å²) in [6.07, 6.45) is -0.657. The zero-order valence-corrected chi connectivity index (χ0v) is 12.6. The molecule has 4 N–H and O–H groups in total. The molecule has 0 saturated carbocycles. The Morgan fingerprint density at radius 3 is 2.33 bits per heavy atom. The van der Waals surface area contributed by atoms with E-state index in [2.05, 4.69) is 10.5 Å². The van der Waals surface area contributed by atoms with Gasteiger partial charge in [-0.2, -0.15) is 0 Å². The van der Waals surface area contributed by atoms with Gasteiger partial charge in [0.25, 0.3) is 0 Å². The van der Waals surface area contributed by atoms with Crippen molar-refractivity contribution in [1.29, 1.82) is 0 Å². The Balaban J connectivity index is 2.93. The fourth-order valence-electron chi connectivity index (χ4n) is 1.61. The molecule has 0 spiro atoms. The second kappa shape index (κ2) is 6.83. The topological polar surface area (TPSA) is 106 Å². The highest BCUT2D eigenvalue weighted by Gasteiger charge is 2.23. The van der Waals surface area contributed by atoms with Crippen molar-refractivity contribution in [2.24, 2.45) is 10.9 Å². The smallest absolute Gasteiger partial charge is 0.408 e. The number of carbonyl (C=O) groups excluding carboxylic acids is 1. The highest BCUT2D eigenvalue weighted by molar-refractivity contribution is 5.89. The van der Waals surface area contributed by atoms with Crippen LogP contribution in [0.25, 0.3) is 0 Å². The van der Waals surface area contributed by atoms with Gasteiger partial charge in [0.05, 0.1) is 7.11 Å². The van der Waals surface area contributed by atoms with Crippen molar-refractivity contribution in [2.45, 2.75) is 32.4 Å². The predicted octanol–water partition coefficient (Wildman–Crippen LogP) is 2.01. The van der Waals surface area contributed by atoms with Crippen LogP contribution < -0.4 is 15.8 Å². The SMILES string of the molecule is COc1ccc([C@H](NC(=O)OC(C)(C)C)/C(N)=N/O)cc1. The lowest BCUT2D eigenvalue weighted by Crippen LogP contribution is -2.40. The lowest BCUT2D eigenvalue weighted by atomic mass is 10.1. The number of hydrogen-bond acceptors (Lipinski definition) is 5. The van der Waals surface area contributed by atoms with Gasteiger partial charge >= 0.3 is 6.09 Å². The van der Waals surface area contributed by atoms with Gasteiger partial charge in [0.15, 0.2) is 5.84 Å². The maximum Gasteiger partial charge on any atom is 0.408 e. The number of benzene rings is 1. The fourth-order valence-corrected chi connectivity index (χ4v) is 1.61. The summed E-state index contributed by atoms with van der Waals surface area (Å²) in [6.45, 7) is 5.25. The third-order valence-corrected chi connectivity index (χ3v) is 2.52. The van der Waals surface area contributed by atoms with Gasteiger partial charge in [-0.25, -0.2) is 4.79 Å². The number of carbonyl (C=O) groups is 1. The molecule has 0 heterocycles. The number of methoxy groups -OCH3 is 1. The molecule has 1 rings (SSSR count). The van der Waals surface area contributed by atoms with E-state index in [1.165, 1.54) is 0 Å². The summed E-state index contributed by atoms with van der Waals surface area (Å²) in [7, 11) is 1.55. The zero-order valence-electron chi connectivity index (χ0n) is 12.6. The monoisotopic (exact) mass is 295 g/mol. The molecule has 1 amide bonds. The van der Waals surface area contributed by atoms with Crippen molar-refractivity contribution in [1.82, 2.24) is 5.32 Å². The number of nitrogens with zero attached hydrogens (tertiary/aromatic N) is 1. The van der Waals surface area contributed by atoms with E-state index in [0.717, 1.165) is 0 Å². The van der Waals surface area contributed by atoms with Crippen LogP contribution in [-0.2, 0) is 4.74 Å². The van der Waals surface area contributed by atoms with E-state index in [4.69, 9.17) is 20.4 Å². The lowest BCUT2D eigenvalue weighted by molar-refractivity contribution is 0.0517. The van der Waals surface area contributed by atoms with Crippen LogP contribution in [0.2, 0.25) is 0 Å². The molecule has 1 aromatic carbocycles. The molecule has 1 atom stereocenters. The standard InChI is InChI=1S/C14H21N3O4/c1-14(2,3)21-13(18)16-11(12(15)17-19)9-5-7-10(20-4)8-6-9/h5-8,11,19H,1-4H3,(H2,15,17)(H,16,18)/t11-/m0/s1. The molecule has 1 aromatic rings. The number of hydrogen-bond donors (Lipinski definition) is 3. The number of rotatable bonds is 4. The number of oxime groups is 1. The Labute approximate surface area is 123 Å². The summed E-state index contributed by atoms with van der Waals surface area (Å²) >= 11 is 0. The summed E-state index contributed by atoms with van der Waals surface area (Å²) < 4.78 is 10.2. The minimum absolute atomic E-state index is 0.147. The number of amides is 1. The molecule has 0 aliphatic carbocycles. The molecule has 0 radical (unpaired) electrons. The van der Waals surface area contributed by atoms with Crippen LogP contribution in [0.1, 0.15) is 32.4 Å². The van der Waals surface area contributed by atoms with E-state index in [9.17, 15) is 4.79 Å². The van der Waals surface area contributed by atoms with Crippen molar-refractivity contribution in [3.8, 4) is 5.75 Å². The van der Waals surface area contributed by atoms with Crippen molar-refractivity contribution in [3.05, 3.63) is 29.8 Å². The summed E-state index contributed by atoms with van der Waals surface area (Å²) in [5.74, 6) is 0.514. The highest BCUT2D eigenvalue weighted by Crippen LogP contribution is 2.19. The van der Waals surface area contributed by atoms with E-state index >= 15 is 0 Å². The van der Waals surface area contributed by atoms with Crippen molar-refractivity contribution in [3.63, 3.8) is 0 Å². The Morgan fingerprint density at radius 2 is 1.90 bits per heavy atom. The van der Waals surface area contributed by atoms with E-state index < -0.39 is 17.7 Å². The van der Waals surface area contributed by atoms with Gasteiger partial charge in [0, 0.05) is 0 Å². The highest BCUT2D eigenvalue weighted by atomic mass is 16.6. The second-order valence-electron chi connectivity index (χ2n) is 5.38. The first-order chi connectivity index (χ1) is 9.76. The van der Waals surface area contributed by atoms with Gasteiger partial charge < -0.3 is 25.7 Å². The second-order valence-corrected chi connectivity index (χ2v) is 5.38. The summed E-state index contributed by atoms with van der Waals surface area (Å²) in [5, 5.41) is 14.4. The van der Waals surface area contributed by atoms with Gasteiger partial charge in [-0.3, -0.25) is 0 Å². The first kappa shape index (κ1) is 16.6. The van der Waals surface area contributed by atoms with Crippen LogP contribution in [0.15, 0.2) is 29.4 Å². The zero-order chi connectivity index (χ0) is 16.0. The summed E-state index contributed by atoms with van der Waals surface area (Å²) in [5.41, 5.74) is 5.63. The minimum atomic E-state index is -0.796. The van der Waals surface area contributed by atoms with Crippen LogP contribution >= 0.6 is 0 Å². The lowest BCUT2D eigenvalue weighted by Gasteiger charge is -2.23. The van der Waals surface area contributed by atoms with Crippen molar-refractivity contribution < 1.29 is 19.5 Å². The molecule has 0 fully saturated rings. The molecule has 0 aromatic heterocycles. The molecule has 0 saturated heterocycles. The van der Waals surface area contributed by atoms with Crippen molar-refractivity contribution in [2.75, 3.05) is 7.11 Å². The first-order valence-electron chi connectivity index (χ1n) is 6.37. The Kier molecular flexibility index (Phi) is 5.40. The third kappa shape index (κ3) is 5.21. The Bertz CT molecular complexity index is 506. The fraction of sp³-hybridized carbons (Fsp3) is 0.429. The van der Waals surface area contributed by atoms with E-state index in [1.807, 2.05) is 0 Å². The summed E-state index contributed by atoms with van der Waals surface area (Å²) in [6, 6.07) is 6.04. The van der Waals surface area contributed by atoms with Crippen LogP contribution in [-0.4, -0.2) is 29.8 Å². The molecule has 0 unspecified atom stereocenters. The van der Waals surface area contributed by atoms with Crippen LogP contribution in [0.4, 0.5) is 4.79 Å². The molecular weight excluding hydrogens is 274 g/mol. The Hall–Kier alpha value is -2.44. The predicted molar refractivity (Wildman–Crippen MR) is 78.5 cm³/mol. The van der Waals surface area contributed by atoms with Crippen LogP contribution in [0, 0.1) is 0 Å². The van der Waals surface area contributed by atoms with Crippen LogP contribution in [0.3, 0.4) is 0 Å². The maximum atomic E-state index is 11.8. The van der Waals surface area contributed by atoms with Gasteiger partial charge in [0.2, 0.25) is 0 Å². The normalized spacial score (nSPS) is 13.4. The number of alkyl carbamates (subject to hydrolysis) is 1. The van der Waals surface area contributed by atoms with Gasteiger partial charge in [-0.05, 0) is 38.5 Å². The third-order valence-electron chi connectivity index (χ3n) is 2.52. The molecule has 116 valence electrons. The number of ether oxygens (including phenoxy) is 2. The molecular formula is C14H21N3O4. The number of nitrogens with two attached hydrogens (primary N) is 1. The molecule has 0 bridgehead atoms. The largest absolute Gasteiger partial charge is 0.497 e. The summed E-state index contributed by atoms with van der Waals surface area (Å²) in [4.78, 5) is 11.8. The van der Waals surface area contributed by atoms with Crippen LogP contribution in [0.5, 0.6) is 5.75 Å². The first-order valence-corrected chi connectivity index (χ1v) is 6.37. The van der Waals surface area contributed by atoms with Gasteiger partial charge in [-0.15, -0.1) is 0 Å². The molecule has 7 nitrogen and oxygen atoms in total. The average Bonchev–Trinajstić information content (AvgIpc) is 2.42. The number of nitrogens with one attached hydrogen (secondary N) is 1. The van der Waals surface area contributed by atoms with Gasteiger partial charge in [0.1, 0.15) is 17.4 Å². The van der Waals surface area contributed by atoms with E-state index in [1.54, 1.807) is 52.1 Å².